The highest BCUT2D eigenvalue weighted by molar-refractivity contribution is 8.00. The van der Waals surface area contributed by atoms with Crippen LogP contribution in [0.25, 0.3) is 0 Å². The third kappa shape index (κ3) is 3.92. The lowest BCUT2D eigenvalue weighted by Gasteiger charge is -2.22. The number of thioether (sulfide) groups is 1. The summed E-state index contributed by atoms with van der Waals surface area (Å²) in [7, 11) is 0. The SMILES string of the molecule is CC1(C)CCN(c2nc(C(C)(C)C)c(C(=O)O)s2)CCS1. The average Bonchev–Trinajstić information content (AvgIpc) is 2.70. The van der Waals surface area contributed by atoms with Gasteiger partial charge in [-0.15, -0.1) is 0 Å². The summed E-state index contributed by atoms with van der Waals surface area (Å²) in [6, 6.07) is 0. The second-order valence-electron chi connectivity index (χ2n) is 7.07. The zero-order valence-corrected chi connectivity index (χ0v) is 15.0. The Labute approximate surface area is 135 Å². The topological polar surface area (TPSA) is 53.4 Å². The fourth-order valence-corrected chi connectivity index (χ4v) is 4.58. The van der Waals surface area contributed by atoms with Crippen molar-refractivity contribution in [2.24, 2.45) is 0 Å². The number of carbonyl (C=O) groups is 1. The van der Waals surface area contributed by atoms with Gasteiger partial charge in [-0.1, -0.05) is 46.0 Å². The van der Waals surface area contributed by atoms with Crippen LogP contribution in [0, 0.1) is 0 Å². The second-order valence-corrected chi connectivity index (χ2v) is 9.85. The predicted octanol–water partition coefficient (Wildman–Crippen LogP) is 3.86. The van der Waals surface area contributed by atoms with E-state index in [1.807, 2.05) is 32.5 Å². The van der Waals surface area contributed by atoms with Crippen molar-refractivity contribution in [3.8, 4) is 0 Å². The molecule has 0 aliphatic carbocycles. The number of hydrogen-bond donors (Lipinski definition) is 1. The smallest absolute Gasteiger partial charge is 0.347 e. The molecule has 118 valence electrons. The third-order valence-corrected chi connectivity index (χ3v) is 6.11. The molecule has 2 heterocycles. The number of carboxylic acid groups (broad SMARTS) is 1. The van der Waals surface area contributed by atoms with Crippen LogP contribution >= 0.6 is 23.1 Å². The lowest BCUT2D eigenvalue weighted by Crippen LogP contribution is -2.27. The summed E-state index contributed by atoms with van der Waals surface area (Å²) < 4.78 is 0.286. The lowest BCUT2D eigenvalue weighted by molar-refractivity contribution is 0.0699. The maximum atomic E-state index is 11.5. The van der Waals surface area contributed by atoms with Crippen LogP contribution in [0.4, 0.5) is 5.13 Å². The Balaban J connectivity index is 2.30. The van der Waals surface area contributed by atoms with Gasteiger partial charge in [0.2, 0.25) is 0 Å². The number of nitrogens with zero attached hydrogens (tertiary/aromatic N) is 2. The van der Waals surface area contributed by atoms with Crippen LogP contribution < -0.4 is 4.90 Å². The first kappa shape index (κ1) is 16.6. The molecule has 2 rings (SSSR count). The van der Waals surface area contributed by atoms with Gasteiger partial charge in [-0.3, -0.25) is 0 Å². The molecular weight excluding hydrogens is 304 g/mol. The molecular formula is C15H24N2O2S2. The second kappa shape index (κ2) is 5.80. The normalized spacial score (nSPS) is 19.4. The largest absolute Gasteiger partial charge is 0.477 e. The minimum absolute atomic E-state index is 0.248. The van der Waals surface area contributed by atoms with E-state index >= 15 is 0 Å². The molecule has 1 aliphatic heterocycles. The van der Waals surface area contributed by atoms with Crippen molar-refractivity contribution in [3.05, 3.63) is 10.6 Å². The van der Waals surface area contributed by atoms with Crippen LogP contribution in [0.2, 0.25) is 0 Å². The van der Waals surface area contributed by atoms with E-state index in [1.165, 1.54) is 11.3 Å². The van der Waals surface area contributed by atoms with Crippen molar-refractivity contribution in [2.45, 2.75) is 51.2 Å². The van der Waals surface area contributed by atoms with Gasteiger partial charge in [0.1, 0.15) is 4.88 Å². The van der Waals surface area contributed by atoms with Crippen molar-refractivity contribution in [1.29, 1.82) is 0 Å². The van der Waals surface area contributed by atoms with Gasteiger partial charge >= 0.3 is 5.97 Å². The molecule has 1 fully saturated rings. The predicted molar refractivity (Wildman–Crippen MR) is 91.1 cm³/mol. The molecule has 1 saturated heterocycles. The number of aromatic nitrogens is 1. The number of anilines is 1. The highest BCUT2D eigenvalue weighted by atomic mass is 32.2. The molecule has 0 radical (unpaired) electrons. The quantitative estimate of drug-likeness (QED) is 0.893. The molecule has 1 aliphatic rings. The maximum absolute atomic E-state index is 11.5. The number of aromatic carboxylic acids is 1. The number of thiazole rings is 1. The zero-order chi connectivity index (χ0) is 15.8. The lowest BCUT2D eigenvalue weighted by atomic mass is 9.91. The highest BCUT2D eigenvalue weighted by Gasteiger charge is 2.30. The van der Waals surface area contributed by atoms with Gasteiger partial charge < -0.3 is 10.0 Å². The number of rotatable bonds is 2. The van der Waals surface area contributed by atoms with Crippen LogP contribution in [-0.2, 0) is 5.41 Å². The number of carboxylic acids is 1. The Morgan fingerprint density at radius 2 is 2.00 bits per heavy atom. The summed E-state index contributed by atoms with van der Waals surface area (Å²) in [6.45, 7) is 12.5. The number of hydrogen-bond acceptors (Lipinski definition) is 5. The van der Waals surface area contributed by atoms with Gasteiger partial charge in [-0.2, -0.15) is 11.8 Å². The first-order valence-corrected chi connectivity index (χ1v) is 9.04. The van der Waals surface area contributed by atoms with Crippen molar-refractivity contribution < 1.29 is 9.90 Å². The van der Waals surface area contributed by atoms with E-state index in [2.05, 4.69) is 23.7 Å². The fourth-order valence-electron chi connectivity index (χ4n) is 2.31. The van der Waals surface area contributed by atoms with Crippen LogP contribution in [0.1, 0.15) is 56.4 Å². The molecule has 0 aromatic carbocycles. The van der Waals surface area contributed by atoms with E-state index in [-0.39, 0.29) is 10.2 Å². The molecule has 0 amide bonds. The average molecular weight is 329 g/mol. The Morgan fingerprint density at radius 1 is 1.33 bits per heavy atom. The van der Waals surface area contributed by atoms with Crippen molar-refractivity contribution in [2.75, 3.05) is 23.7 Å². The van der Waals surface area contributed by atoms with Crippen LogP contribution in [-0.4, -0.2) is 39.6 Å². The fraction of sp³-hybridized carbons (Fsp3) is 0.733. The summed E-state index contributed by atoms with van der Waals surface area (Å²) in [6.07, 6.45) is 1.09. The van der Waals surface area contributed by atoms with Crippen molar-refractivity contribution in [1.82, 2.24) is 4.98 Å². The van der Waals surface area contributed by atoms with Gasteiger partial charge in [0, 0.05) is 29.0 Å². The molecule has 1 aromatic heterocycles. The summed E-state index contributed by atoms with van der Waals surface area (Å²) in [5, 5.41) is 10.3. The minimum atomic E-state index is -0.867. The Kier molecular flexibility index (Phi) is 4.59. The molecule has 1 aromatic rings. The Morgan fingerprint density at radius 3 is 2.52 bits per heavy atom. The first-order chi connectivity index (χ1) is 9.60. The third-order valence-electron chi connectivity index (χ3n) is 3.63. The molecule has 0 spiro atoms. The molecule has 21 heavy (non-hydrogen) atoms. The summed E-state index contributed by atoms with van der Waals surface area (Å²) in [4.78, 5) is 18.8. The van der Waals surface area contributed by atoms with Gasteiger partial charge in [-0.05, 0) is 6.42 Å². The summed E-state index contributed by atoms with van der Waals surface area (Å²) in [5.41, 5.74) is 0.452. The van der Waals surface area contributed by atoms with Gasteiger partial charge in [-0.25, -0.2) is 9.78 Å². The van der Waals surface area contributed by atoms with Crippen molar-refractivity contribution in [3.63, 3.8) is 0 Å². The van der Waals surface area contributed by atoms with Crippen molar-refractivity contribution >= 4 is 34.2 Å². The van der Waals surface area contributed by atoms with Crippen LogP contribution in [0.3, 0.4) is 0 Å². The molecule has 1 N–H and O–H groups in total. The van der Waals surface area contributed by atoms with Gasteiger partial charge in [0.25, 0.3) is 0 Å². The molecule has 0 saturated carbocycles. The van der Waals surface area contributed by atoms with E-state index in [9.17, 15) is 9.90 Å². The standard InChI is InChI=1S/C15H24N2O2S2/c1-14(2,3)11-10(12(18)19)21-13(16-11)17-7-6-15(4,5)20-9-8-17/h6-9H2,1-5H3,(H,18,19). The first-order valence-electron chi connectivity index (χ1n) is 7.24. The molecule has 4 nitrogen and oxygen atoms in total. The van der Waals surface area contributed by atoms with E-state index in [0.717, 1.165) is 30.4 Å². The molecule has 0 atom stereocenters. The zero-order valence-electron chi connectivity index (χ0n) is 13.4. The van der Waals surface area contributed by atoms with E-state index in [0.29, 0.717) is 10.6 Å². The molecule has 0 unspecified atom stereocenters. The van der Waals surface area contributed by atoms with Gasteiger partial charge in [0.15, 0.2) is 5.13 Å². The Bertz CT molecular complexity index is 532. The molecule has 0 bridgehead atoms. The van der Waals surface area contributed by atoms with E-state index in [4.69, 9.17) is 0 Å². The van der Waals surface area contributed by atoms with E-state index < -0.39 is 5.97 Å². The van der Waals surface area contributed by atoms with Crippen LogP contribution in [0.5, 0.6) is 0 Å². The monoisotopic (exact) mass is 328 g/mol. The highest BCUT2D eigenvalue weighted by Crippen LogP contribution is 2.37. The summed E-state index contributed by atoms with van der Waals surface area (Å²) in [5.74, 6) is 0.188. The van der Waals surface area contributed by atoms with Crippen LogP contribution in [0.15, 0.2) is 0 Å². The minimum Gasteiger partial charge on any atom is -0.477 e. The van der Waals surface area contributed by atoms with Gasteiger partial charge in [0.05, 0.1) is 5.69 Å². The maximum Gasteiger partial charge on any atom is 0.347 e. The summed E-state index contributed by atoms with van der Waals surface area (Å²) >= 11 is 3.30. The van der Waals surface area contributed by atoms with E-state index in [1.54, 1.807) is 0 Å². The Hall–Kier alpha value is -0.750. The molecule has 6 heteroatoms.